The second kappa shape index (κ2) is 8.68. The summed E-state index contributed by atoms with van der Waals surface area (Å²) in [6.45, 7) is 16.0. The SMILES string of the molecule is C=N/C=C1/C(Cl)=NC=C(CC(=C)OC(C)(C)C)N1CC1CCCOC1. The molecule has 2 aliphatic rings. The summed E-state index contributed by atoms with van der Waals surface area (Å²) in [4.78, 5) is 10.3. The molecule has 0 radical (unpaired) electrons. The third-order valence-electron chi connectivity index (χ3n) is 3.91. The zero-order chi connectivity index (χ0) is 18.4. The van der Waals surface area contributed by atoms with Crippen LogP contribution in [0, 0.1) is 5.92 Å². The number of hydrogen-bond acceptors (Lipinski definition) is 5. The average molecular weight is 366 g/mol. The first-order valence-corrected chi connectivity index (χ1v) is 8.98. The van der Waals surface area contributed by atoms with Crippen LogP contribution in [0.1, 0.15) is 40.0 Å². The summed E-state index contributed by atoms with van der Waals surface area (Å²) in [7, 11) is 0. The van der Waals surface area contributed by atoms with Crippen LogP contribution in [0.3, 0.4) is 0 Å². The number of nitrogens with zero attached hydrogens (tertiary/aromatic N) is 3. The highest BCUT2D eigenvalue weighted by Gasteiger charge is 2.27. The van der Waals surface area contributed by atoms with Crippen LogP contribution in [0.2, 0.25) is 0 Å². The van der Waals surface area contributed by atoms with E-state index < -0.39 is 0 Å². The van der Waals surface area contributed by atoms with Crippen LogP contribution in [0.5, 0.6) is 0 Å². The molecule has 5 nitrogen and oxygen atoms in total. The van der Waals surface area contributed by atoms with Crippen LogP contribution in [0.15, 0.2) is 46.1 Å². The van der Waals surface area contributed by atoms with Gasteiger partial charge < -0.3 is 14.4 Å². The number of rotatable bonds is 6. The molecule has 2 aliphatic heterocycles. The van der Waals surface area contributed by atoms with Gasteiger partial charge in [-0.2, -0.15) is 0 Å². The molecular weight excluding hydrogens is 338 g/mol. The van der Waals surface area contributed by atoms with Gasteiger partial charge >= 0.3 is 0 Å². The lowest BCUT2D eigenvalue weighted by Gasteiger charge is -2.35. The van der Waals surface area contributed by atoms with E-state index in [1.807, 2.05) is 20.8 Å². The fourth-order valence-electron chi connectivity index (χ4n) is 2.98. The molecule has 2 rings (SSSR count). The topological polar surface area (TPSA) is 46.4 Å². The zero-order valence-electron chi connectivity index (χ0n) is 15.4. The van der Waals surface area contributed by atoms with Gasteiger partial charge in [-0.1, -0.05) is 18.2 Å². The standard InChI is InChI=1S/C19H28ClN3O2/c1-14(25-19(2,3)4)9-16-10-22-18(20)17(11-21-5)23(16)12-15-7-6-8-24-13-15/h10-11,15H,1,5-9,12-13H2,2-4H3/b17-11-. The molecule has 1 fully saturated rings. The quantitative estimate of drug-likeness (QED) is 0.515. The number of hydrogen-bond donors (Lipinski definition) is 0. The predicted molar refractivity (Wildman–Crippen MR) is 104 cm³/mol. The number of ether oxygens (including phenoxy) is 2. The maximum absolute atomic E-state index is 6.30. The third-order valence-corrected chi connectivity index (χ3v) is 4.20. The second-order valence-corrected chi connectivity index (χ2v) is 7.72. The van der Waals surface area contributed by atoms with Crippen LogP contribution in [0.25, 0.3) is 0 Å². The first kappa shape index (κ1) is 19.7. The Morgan fingerprint density at radius 2 is 2.32 bits per heavy atom. The fraction of sp³-hybridized carbons (Fsp3) is 0.579. The van der Waals surface area contributed by atoms with Crippen LogP contribution in [-0.4, -0.2) is 42.1 Å². The second-order valence-electron chi connectivity index (χ2n) is 7.36. The molecule has 0 aromatic rings. The Bertz CT molecular complexity index is 596. The van der Waals surface area contributed by atoms with E-state index in [0.717, 1.165) is 44.0 Å². The highest BCUT2D eigenvalue weighted by Crippen LogP contribution is 2.30. The minimum atomic E-state index is -0.281. The minimum Gasteiger partial charge on any atom is -0.493 e. The van der Waals surface area contributed by atoms with E-state index in [1.54, 1.807) is 12.4 Å². The molecule has 0 saturated carbocycles. The Morgan fingerprint density at radius 1 is 1.56 bits per heavy atom. The monoisotopic (exact) mass is 365 g/mol. The Hall–Kier alpha value is -1.59. The Balaban J connectivity index is 2.19. The minimum absolute atomic E-state index is 0.281. The van der Waals surface area contributed by atoms with Gasteiger partial charge in [0, 0.05) is 37.4 Å². The van der Waals surface area contributed by atoms with Crippen molar-refractivity contribution in [3.05, 3.63) is 36.1 Å². The molecule has 0 amide bonds. The summed E-state index contributed by atoms with van der Waals surface area (Å²) in [5.74, 6) is 1.13. The summed E-state index contributed by atoms with van der Waals surface area (Å²) in [6, 6.07) is 0. The van der Waals surface area contributed by atoms with Crippen molar-refractivity contribution in [1.82, 2.24) is 4.90 Å². The van der Waals surface area contributed by atoms with E-state index in [9.17, 15) is 0 Å². The average Bonchev–Trinajstić information content (AvgIpc) is 2.52. The maximum Gasteiger partial charge on any atom is 0.154 e. The normalized spacial score (nSPS) is 23.1. The van der Waals surface area contributed by atoms with E-state index in [0.29, 0.717) is 23.3 Å². The molecule has 25 heavy (non-hydrogen) atoms. The Kier molecular flexibility index (Phi) is 6.85. The summed E-state index contributed by atoms with van der Waals surface area (Å²) < 4.78 is 11.5. The van der Waals surface area contributed by atoms with Gasteiger partial charge in [0.05, 0.1) is 24.3 Å². The lowest BCUT2D eigenvalue weighted by atomic mass is 10.0. The van der Waals surface area contributed by atoms with Crippen LogP contribution < -0.4 is 0 Å². The first-order chi connectivity index (χ1) is 11.8. The van der Waals surface area contributed by atoms with Gasteiger partial charge in [-0.15, -0.1) is 0 Å². The molecule has 138 valence electrons. The predicted octanol–water partition coefficient (Wildman–Crippen LogP) is 4.47. The summed E-state index contributed by atoms with van der Waals surface area (Å²) in [6.07, 6.45) is 6.21. The smallest absolute Gasteiger partial charge is 0.154 e. The van der Waals surface area contributed by atoms with Crippen LogP contribution >= 0.6 is 11.6 Å². The molecule has 1 atom stereocenters. The van der Waals surface area contributed by atoms with Gasteiger partial charge in [0.25, 0.3) is 0 Å². The van der Waals surface area contributed by atoms with Gasteiger partial charge in [-0.3, -0.25) is 4.99 Å². The van der Waals surface area contributed by atoms with Crippen molar-refractivity contribution in [2.24, 2.45) is 15.9 Å². The zero-order valence-corrected chi connectivity index (χ0v) is 16.2. The molecule has 0 bridgehead atoms. The molecule has 1 saturated heterocycles. The number of halogens is 1. The summed E-state index contributed by atoms with van der Waals surface area (Å²) in [5, 5.41) is 0.412. The Labute approximate surface area is 155 Å². The molecule has 0 spiro atoms. The molecule has 0 aromatic carbocycles. The fourth-order valence-corrected chi connectivity index (χ4v) is 3.18. The Morgan fingerprint density at radius 3 is 2.92 bits per heavy atom. The summed E-state index contributed by atoms with van der Waals surface area (Å²) in [5.41, 5.74) is 1.46. The molecule has 0 N–H and O–H groups in total. The molecule has 0 aliphatic carbocycles. The van der Waals surface area contributed by atoms with E-state index in [4.69, 9.17) is 21.1 Å². The highest BCUT2D eigenvalue weighted by molar-refractivity contribution is 6.69. The number of aliphatic imine (C=N–C) groups is 2. The van der Waals surface area contributed by atoms with Crippen molar-refractivity contribution in [3.8, 4) is 0 Å². The van der Waals surface area contributed by atoms with Gasteiger partial charge in [0.1, 0.15) is 5.60 Å². The largest absolute Gasteiger partial charge is 0.493 e. The van der Waals surface area contributed by atoms with E-state index in [2.05, 4.69) is 28.2 Å². The van der Waals surface area contributed by atoms with E-state index in [1.165, 1.54) is 0 Å². The van der Waals surface area contributed by atoms with Gasteiger partial charge in [0.2, 0.25) is 0 Å². The summed E-state index contributed by atoms with van der Waals surface area (Å²) >= 11 is 6.30. The third kappa shape index (κ3) is 6.01. The van der Waals surface area contributed by atoms with Gasteiger partial charge in [-0.05, 0) is 40.3 Å². The van der Waals surface area contributed by atoms with Crippen molar-refractivity contribution in [1.29, 1.82) is 0 Å². The molecule has 2 heterocycles. The molecule has 0 aromatic heterocycles. The maximum atomic E-state index is 6.30. The van der Waals surface area contributed by atoms with Crippen molar-refractivity contribution in [3.63, 3.8) is 0 Å². The van der Waals surface area contributed by atoms with Gasteiger partial charge in [0.15, 0.2) is 5.17 Å². The highest BCUT2D eigenvalue weighted by atomic mass is 35.5. The van der Waals surface area contributed by atoms with Crippen molar-refractivity contribution in [2.75, 3.05) is 19.8 Å². The van der Waals surface area contributed by atoms with E-state index in [-0.39, 0.29) is 5.60 Å². The lowest BCUT2D eigenvalue weighted by molar-refractivity contribution is 0.0420. The lowest BCUT2D eigenvalue weighted by Crippen LogP contribution is -2.36. The molecule has 1 unspecified atom stereocenters. The van der Waals surface area contributed by atoms with Crippen molar-refractivity contribution >= 4 is 23.5 Å². The van der Waals surface area contributed by atoms with Crippen LogP contribution in [-0.2, 0) is 9.47 Å². The molecule has 6 heteroatoms. The number of allylic oxidation sites excluding steroid dienone is 1. The first-order valence-electron chi connectivity index (χ1n) is 8.61. The van der Waals surface area contributed by atoms with Crippen molar-refractivity contribution in [2.45, 2.75) is 45.6 Å². The molecular formula is C19H28ClN3O2. The van der Waals surface area contributed by atoms with Gasteiger partial charge in [-0.25, -0.2) is 4.99 Å². The van der Waals surface area contributed by atoms with E-state index >= 15 is 0 Å². The van der Waals surface area contributed by atoms with Crippen molar-refractivity contribution < 1.29 is 9.47 Å². The van der Waals surface area contributed by atoms with Crippen LogP contribution in [0.4, 0.5) is 0 Å².